The summed E-state index contributed by atoms with van der Waals surface area (Å²) in [4.78, 5) is 11.3. The van der Waals surface area contributed by atoms with Crippen molar-refractivity contribution in [1.29, 1.82) is 0 Å². The first kappa shape index (κ1) is 17.4. The Morgan fingerprint density at radius 2 is 2.05 bits per heavy atom. The molecule has 0 aliphatic rings. The number of aliphatic hydroxyl groups excluding tert-OH is 1. The Kier molecular flexibility index (Phi) is 7.08. The average Bonchev–Trinajstić information content (AvgIpc) is 2.48. The number of carbonyl (C=O) groups is 1. The van der Waals surface area contributed by atoms with Crippen LogP contribution < -0.4 is 5.32 Å². The molecule has 0 aliphatic carbocycles. The highest BCUT2D eigenvalue weighted by atomic mass is 19.2. The zero-order valence-corrected chi connectivity index (χ0v) is 12.3. The van der Waals surface area contributed by atoms with E-state index in [9.17, 15) is 13.6 Å². The molecular formula is C15H21F2NO3. The fourth-order valence-corrected chi connectivity index (χ4v) is 2.15. The first-order valence-corrected chi connectivity index (χ1v) is 6.96. The van der Waals surface area contributed by atoms with E-state index in [4.69, 9.17) is 5.11 Å². The molecule has 0 saturated carbocycles. The van der Waals surface area contributed by atoms with Gasteiger partial charge in [0.1, 0.15) is 0 Å². The molecule has 0 spiro atoms. The van der Waals surface area contributed by atoms with E-state index >= 15 is 0 Å². The summed E-state index contributed by atoms with van der Waals surface area (Å²) in [6, 6.07) is 2.50. The largest absolute Gasteiger partial charge is 0.465 e. The Balaban J connectivity index is 2.80. The number of ether oxygens (including phenoxy) is 1. The normalized spacial score (nSPS) is 12.0. The van der Waals surface area contributed by atoms with Crippen LogP contribution in [-0.4, -0.2) is 31.3 Å². The summed E-state index contributed by atoms with van der Waals surface area (Å²) >= 11 is 0. The van der Waals surface area contributed by atoms with Crippen molar-refractivity contribution in [3.05, 3.63) is 29.3 Å². The smallest absolute Gasteiger partial charge is 0.340 e. The molecule has 1 unspecified atom stereocenters. The van der Waals surface area contributed by atoms with Gasteiger partial charge >= 0.3 is 5.97 Å². The zero-order chi connectivity index (χ0) is 15.8. The van der Waals surface area contributed by atoms with E-state index in [2.05, 4.69) is 10.1 Å². The minimum absolute atomic E-state index is 0.000745. The van der Waals surface area contributed by atoms with Gasteiger partial charge in [-0.3, -0.25) is 0 Å². The number of esters is 1. The summed E-state index contributed by atoms with van der Waals surface area (Å²) < 4.78 is 32.0. The molecule has 6 heteroatoms. The van der Waals surface area contributed by atoms with Crippen molar-refractivity contribution in [2.24, 2.45) is 5.92 Å². The first-order chi connectivity index (χ1) is 10.0. The molecule has 118 valence electrons. The number of hydrogen-bond donors (Lipinski definition) is 2. The Morgan fingerprint density at radius 1 is 1.33 bits per heavy atom. The molecule has 1 rings (SSSR count). The van der Waals surface area contributed by atoms with Gasteiger partial charge in [0, 0.05) is 13.2 Å². The number of aliphatic hydroxyl groups is 1. The third-order valence-corrected chi connectivity index (χ3v) is 3.30. The standard InChI is InChI=1S/C15H21F2NO3/c1-3-4-10(7-8-19)9-18-12-6-5-11(15(20)21-2)13(16)14(12)17/h5-6,10,18-19H,3-4,7-9H2,1-2H3. The third kappa shape index (κ3) is 4.67. The second-order valence-electron chi connectivity index (χ2n) is 4.83. The van der Waals surface area contributed by atoms with Crippen LogP contribution in [-0.2, 0) is 4.74 Å². The maximum absolute atomic E-state index is 13.9. The second kappa shape index (κ2) is 8.56. The van der Waals surface area contributed by atoms with Crippen molar-refractivity contribution in [2.45, 2.75) is 26.2 Å². The molecule has 0 bridgehead atoms. The van der Waals surface area contributed by atoms with E-state index in [1.807, 2.05) is 6.92 Å². The Labute approximate surface area is 123 Å². The molecule has 0 heterocycles. The van der Waals surface area contributed by atoms with Crippen LogP contribution in [0.2, 0.25) is 0 Å². The SMILES string of the molecule is CCCC(CCO)CNc1ccc(C(=O)OC)c(F)c1F. The molecule has 0 saturated heterocycles. The summed E-state index contributed by atoms with van der Waals surface area (Å²) in [6.07, 6.45) is 2.44. The molecule has 1 aromatic rings. The van der Waals surface area contributed by atoms with Crippen LogP contribution in [0.1, 0.15) is 36.5 Å². The lowest BCUT2D eigenvalue weighted by molar-refractivity contribution is 0.0594. The van der Waals surface area contributed by atoms with Gasteiger partial charge in [0.15, 0.2) is 11.6 Å². The van der Waals surface area contributed by atoms with E-state index < -0.39 is 23.2 Å². The van der Waals surface area contributed by atoms with E-state index in [0.717, 1.165) is 20.0 Å². The van der Waals surface area contributed by atoms with E-state index in [1.165, 1.54) is 12.1 Å². The number of carbonyl (C=O) groups excluding carboxylic acids is 1. The summed E-state index contributed by atoms with van der Waals surface area (Å²) in [5.74, 6) is -3.05. The number of halogens is 2. The van der Waals surface area contributed by atoms with Crippen LogP contribution in [0.3, 0.4) is 0 Å². The molecule has 21 heavy (non-hydrogen) atoms. The lowest BCUT2D eigenvalue weighted by Crippen LogP contribution is -2.17. The maximum Gasteiger partial charge on any atom is 0.340 e. The highest BCUT2D eigenvalue weighted by Crippen LogP contribution is 2.22. The minimum atomic E-state index is -1.22. The lowest BCUT2D eigenvalue weighted by atomic mass is 10.00. The van der Waals surface area contributed by atoms with Gasteiger partial charge < -0.3 is 15.2 Å². The van der Waals surface area contributed by atoms with Gasteiger partial charge in [-0.1, -0.05) is 13.3 Å². The third-order valence-electron chi connectivity index (χ3n) is 3.30. The second-order valence-corrected chi connectivity index (χ2v) is 4.83. The molecular weight excluding hydrogens is 280 g/mol. The monoisotopic (exact) mass is 301 g/mol. The lowest BCUT2D eigenvalue weighted by Gasteiger charge is -2.17. The number of methoxy groups -OCH3 is 1. The van der Waals surface area contributed by atoms with Crippen LogP contribution >= 0.6 is 0 Å². The minimum Gasteiger partial charge on any atom is -0.465 e. The summed E-state index contributed by atoms with van der Waals surface area (Å²) in [5.41, 5.74) is -0.430. The van der Waals surface area contributed by atoms with E-state index in [-0.39, 0.29) is 18.2 Å². The van der Waals surface area contributed by atoms with Gasteiger partial charge in [-0.25, -0.2) is 13.6 Å². The van der Waals surface area contributed by atoms with Gasteiger partial charge in [-0.05, 0) is 30.9 Å². The van der Waals surface area contributed by atoms with Crippen LogP contribution in [0.15, 0.2) is 12.1 Å². The first-order valence-electron chi connectivity index (χ1n) is 6.96. The van der Waals surface area contributed by atoms with Gasteiger partial charge in [-0.15, -0.1) is 0 Å². The van der Waals surface area contributed by atoms with Crippen molar-refractivity contribution >= 4 is 11.7 Å². The topological polar surface area (TPSA) is 58.6 Å². The number of rotatable bonds is 8. The molecule has 0 aliphatic heterocycles. The van der Waals surface area contributed by atoms with Crippen LogP contribution in [0.5, 0.6) is 0 Å². The molecule has 0 radical (unpaired) electrons. The van der Waals surface area contributed by atoms with Gasteiger partial charge in [0.05, 0.1) is 18.4 Å². The summed E-state index contributed by atoms with van der Waals surface area (Å²) in [5, 5.41) is 11.8. The van der Waals surface area contributed by atoms with E-state index in [1.54, 1.807) is 0 Å². The van der Waals surface area contributed by atoms with Crippen LogP contribution in [0, 0.1) is 17.6 Å². The molecule has 4 nitrogen and oxygen atoms in total. The quantitative estimate of drug-likeness (QED) is 0.725. The molecule has 0 aromatic heterocycles. The number of anilines is 1. The zero-order valence-electron chi connectivity index (χ0n) is 12.3. The van der Waals surface area contributed by atoms with Crippen LogP contribution in [0.25, 0.3) is 0 Å². The maximum atomic E-state index is 13.9. The van der Waals surface area contributed by atoms with Crippen molar-refractivity contribution in [3.8, 4) is 0 Å². The Hall–Kier alpha value is -1.69. The van der Waals surface area contributed by atoms with Gasteiger partial charge in [-0.2, -0.15) is 0 Å². The average molecular weight is 301 g/mol. The molecule has 1 aromatic carbocycles. The molecule has 1 atom stereocenters. The van der Waals surface area contributed by atoms with Crippen molar-refractivity contribution in [1.82, 2.24) is 0 Å². The number of nitrogens with one attached hydrogen (secondary N) is 1. The summed E-state index contributed by atoms with van der Waals surface area (Å²) in [6.45, 7) is 2.52. The highest BCUT2D eigenvalue weighted by Gasteiger charge is 2.19. The molecule has 0 amide bonds. The predicted octanol–water partition coefficient (Wildman–Crippen LogP) is 2.96. The number of benzene rings is 1. The number of hydrogen-bond acceptors (Lipinski definition) is 4. The fraction of sp³-hybridized carbons (Fsp3) is 0.533. The van der Waals surface area contributed by atoms with Crippen molar-refractivity contribution in [3.63, 3.8) is 0 Å². The fourth-order valence-electron chi connectivity index (χ4n) is 2.15. The van der Waals surface area contributed by atoms with E-state index in [0.29, 0.717) is 13.0 Å². The predicted molar refractivity (Wildman–Crippen MR) is 76.3 cm³/mol. The summed E-state index contributed by atoms with van der Waals surface area (Å²) in [7, 11) is 1.11. The van der Waals surface area contributed by atoms with Crippen molar-refractivity contribution in [2.75, 3.05) is 25.6 Å². The Morgan fingerprint density at radius 3 is 2.62 bits per heavy atom. The Bertz CT molecular complexity index is 474. The van der Waals surface area contributed by atoms with Crippen molar-refractivity contribution < 1.29 is 23.4 Å². The van der Waals surface area contributed by atoms with Gasteiger partial charge in [0.2, 0.25) is 0 Å². The van der Waals surface area contributed by atoms with Gasteiger partial charge in [0.25, 0.3) is 0 Å². The van der Waals surface area contributed by atoms with Crippen LogP contribution in [0.4, 0.5) is 14.5 Å². The highest BCUT2D eigenvalue weighted by molar-refractivity contribution is 5.90. The molecule has 0 fully saturated rings. The molecule has 2 N–H and O–H groups in total.